The average Bonchev–Trinajstić information content (AvgIpc) is 3.25. The summed E-state index contributed by atoms with van der Waals surface area (Å²) in [6.07, 6.45) is 0.395. The number of nitrogens with two attached hydrogens (primary N) is 1. The second-order valence-corrected chi connectivity index (χ2v) is 7.79. The van der Waals surface area contributed by atoms with Gasteiger partial charge in [-0.05, 0) is 30.3 Å². The van der Waals surface area contributed by atoms with Crippen LogP contribution in [0.3, 0.4) is 0 Å². The van der Waals surface area contributed by atoms with Gasteiger partial charge in [-0.2, -0.15) is 5.10 Å². The number of benzene rings is 2. The number of piperazine rings is 1. The molecule has 1 atom stereocenters. The van der Waals surface area contributed by atoms with Crippen molar-refractivity contribution in [3.8, 4) is 0 Å². The van der Waals surface area contributed by atoms with Crippen LogP contribution in [0.15, 0.2) is 64.0 Å². The van der Waals surface area contributed by atoms with E-state index in [1.165, 1.54) is 17.1 Å². The Morgan fingerprint density at radius 3 is 2.53 bits per heavy atom. The second-order valence-electron chi connectivity index (χ2n) is 7.79. The van der Waals surface area contributed by atoms with Gasteiger partial charge in [0.15, 0.2) is 0 Å². The van der Waals surface area contributed by atoms with Crippen molar-refractivity contribution in [2.75, 3.05) is 33.2 Å². The topological polar surface area (TPSA) is 133 Å². The third-order valence-corrected chi connectivity index (χ3v) is 5.57. The van der Waals surface area contributed by atoms with Crippen LogP contribution in [0.5, 0.6) is 0 Å². The number of amides is 2. The summed E-state index contributed by atoms with van der Waals surface area (Å²) in [7, 11) is 2.09. The summed E-state index contributed by atoms with van der Waals surface area (Å²) in [6.45, 7) is 3.60. The zero-order valence-corrected chi connectivity index (χ0v) is 17.7. The minimum Gasteiger partial charge on any atom is -0.350 e. The summed E-state index contributed by atoms with van der Waals surface area (Å²) in [6, 6.07) is 12.4. The van der Waals surface area contributed by atoms with E-state index in [4.69, 9.17) is 5.73 Å². The van der Waals surface area contributed by atoms with Crippen molar-refractivity contribution in [3.05, 3.63) is 69.8 Å². The van der Waals surface area contributed by atoms with Crippen molar-refractivity contribution < 1.29 is 9.72 Å². The molecule has 166 valence electrons. The molecule has 2 aliphatic heterocycles. The molecule has 2 amide bonds. The molecule has 2 aromatic carbocycles. The smallest absolute Gasteiger partial charge is 0.335 e. The molecule has 2 aromatic rings. The molecule has 1 saturated heterocycles. The van der Waals surface area contributed by atoms with E-state index in [2.05, 4.69) is 27.4 Å². The molecular formula is C21H24N8O3. The van der Waals surface area contributed by atoms with Crippen LogP contribution in [0.4, 0.5) is 16.2 Å². The van der Waals surface area contributed by atoms with Crippen LogP contribution in [-0.2, 0) is 0 Å². The number of rotatable bonds is 5. The second kappa shape index (κ2) is 9.10. The Morgan fingerprint density at radius 1 is 1.16 bits per heavy atom. The number of hydrogen-bond donors (Lipinski definition) is 1. The number of nitro groups is 1. The van der Waals surface area contributed by atoms with E-state index in [9.17, 15) is 14.9 Å². The van der Waals surface area contributed by atoms with Crippen LogP contribution in [0, 0.1) is 10.1 Å². The molecule has 2 heterocycles. The summed E-state index contributed by atoms with van der Waals surface area (Å²) < 4.78 is 0. The van der Waals surface area contributed by atoms with Gasteiger partial charge in [0.1, 0.15) is 0 Å². The molecule has 2 aliphatic rings. The molecule has 2 N–H and O–H groups in total. The van der Waals surface area contributed by atoms with Crippen LogP contribution in [0.1, 0.15) is 23.6 Å². The van der Waals surface area contributed by atoms with Crippen LogP contribution in [-0.4, -0.2) is 64.8 Å². The number of hydrazone groups is 1. The van der Waals surface area contributed by atoms with Gasteiger partial charge in [-0.1, -0.05) is 29.5 Å². The molecule has 0 aliphatic carbocycles. The zero-order chi connectivity index (χ0) is 22.7. The summed E-state index contributed by atoms with van der Waals surface area (Å²) >= 11 is 0. The average molecular weight is 436 g/mol. The summed E-state index contributed by atoms with van der Waals surface area (Å²) in [5.41, 5.74) is 8.28. The quantitative estimate of drug-likeness (QED) is 0.437. The Bertz CT molecular complexity index is 1060. The molecule has 0 spiro atoms. The van der Waals surface area contributed by atoms with Crippen LogP contribution in [0.2, 0.25) is 0 Å². The number of likely N-dealkylation sites (N-methyl/N-ethyl adjacent to an activating group) is 1. The van der Waals surface area contributed by atoms with Crippen molar-refractivity contribution in [2.24, 2.45) is 21.2 Å². The number of primary amides is 1. The molecule has 0 saturated carbocycles. The lowest BCUT2D eigenvalue weighted by molar-refractivity contribution is -0.384. The highest BCUT2D eigenvalue weighted by Crippen LogP contribution is 2.34. The number of nitro benzene ring substituents is 1. The molecular weight excluding hydrogens is 412 g/mol. The first-order chi connectivity index (χ1) is 15.4. The fraction of sp³-hybridized carbons (Fsp3) is 0.333. The highest BCUT2D eigenvalue weighted by Gasteiger charge is 2.32. The summed E-state index contributed by atoms with van der Waals surface area (Å²) in [5, 5.41) is 27.2. The number of hydrogen-bond acceptors (Lipinski definition) is 7. The van der Waals surface area contributed by atoms with Gasteiger partial charge < -0.3 is 10.6 Å². The SMILES string of the molecule is CN1CCN(N=Nc2ccc(C3=NN(C(N)=O)C(c4cccc([N+](=O)[O-])c4)C3)cc2)CC1. The molecule has 0 bridgehead atoms. The van der Waals surface area contributed by atoms with E-state index in [0.29, 0.717) is 23.4 Å². The molecule has 11 heteroatoms. The maximum absolute atomic E-state index is 12.0. The Labute approximate surface area is 184 Å². The molecule has 0 aromatic heterocycles. The van der Waals surface area contributed by atoms with Gasteiger partial charge >= 0.3 is 6.03 Å². The van der Waals surface area contributed by atoms with Crippen molar-refractivity contribution in [3.63, 3.8) is 0 Å². The normalized spacial score (nSPS) is 19.4. The van der Waals surface area contributed by atoms with Crippen LogP contribution >= 0.6 is 0 Å². The largest absolute Gasteiger partial charge is 0.350 e. The minimum absolute atomic E-state index is 0.0459. The number of carbonyl (C=O) groups excluding carboxylic acids is 1. The lowest BCUT2D eigenvalue weighted by atomic mass is 9.98. The lowest BCUT2D eigenvalue weighted by Gasteiger charge is -2.29. The number of nitrogens with zero attached hydrogens (tertiary/aromatic N) is 7. The Kier molecular flexibility index (Phi) is 6.08. The van der Waals surface area contributed by atoms with Crippen LogP contribution < -0.4 is 5.73 Å². The van der Waals surface area contributed by atoms with Gasteiger partial charge in [0, 0.05) is 31.6 Å². The number of carbonyl (C=O) groups is 1. The van der Waals surface area contributed by atoms with Gasteiger partial charge in [0.25, 0.3) is 5.69 Å². The summed E-state index contributed by atoms with van der Waals surface area (Å²) in [4.78, 5) is 24.9. The van der Waals surface area contributed by atoms with E-state index >= 15 is 0 Å². The van der Waals surface area contributed by atoms with E-state index in [-0.39, 0.29) is 5.69 Å². The predicted molar refractivity (Wildman–Crippen MR) is 118 cm³/mol. The fourth-order valence-electron chi connectivity index (χ4n) is 3.71. The highest BCUT2D eigenvalue weighted by atomic mass is 16.6. The van der Waals surface area contributed by atoms with Crippen molar-refractivity contribution in [2.45, 2.75) is 12.5 Å². The maximum Gasteiger partial charge on any atom is 0.335 e. The fourth-order valence-corrected chi connectivity index (χ4v) is 3.71. The molecule has 0 radical (unpaired) electrons. The number of non-ortho nitro benzene ring substituents is 1. The van der Waals surface area contributed by atoms with Gasteiger partial charge in [0.05, 0.1) is 35.5 Å². The summed E-state index contributed by atoms with van der Waals surface area (Å²) in [5.74, 6) is 0. The third-order valence-electron chi connectivity index (χ3n) is 5.57. The van der Waals surface area contributed by atoms with Crippen molar-refractivity contribution in [1.82, 2.24) is 14.9 Å². The maximum atomic E-state index is 12.0. The van der Waals surface area contributed by atoms with E-state index in [0.717, 1.165) is 31.7 Å². The molecule has 4 rings (SSSR count). The Balaban J connectivity index is 1.48. The van der Waals surface area contributed by atoms with Gasteiger partial charge in [-0.3, -0.25) is 15.1 Å². The van der Waals surface area contributed by atoms with E-state index < -0.39 is 17.0 Å². The van der Waals surface area contributed by atoms with E-state index in [1.54, 1.807) is 12.1 Å². The third kappa shape index (κ3) is 4.72. The molecule has 11 nitrogen and oxygen atoms in total. The van der Waals surface area contributed by atoms with Gasteiger partial charge in [-0.15, -0.1) is 5.11 Å². The van der Waals surface area contributed by atoms with Crippen LogP contribution in [0.25, 0.3) is 0 Å². The number of urea groups is 1. The van der Waals surface area contributed by atoms with Crippen molar-refractivity contribution >= 4 is 23.1 Å². The Morgan fingerprint density at radius 2 is 1.88 bits per heavy atom. The van der Waals surface area contributed by atoms with Crippen molar-refractivity contribution in [1.29, 1.82) is 0 Å². The minimum atomic E-state index is -0.714. The van der Waals surface area contributed by atoms with Gasteiger partial charge in [-0.25, -0.2) is 9.80 Å². The standard InChI is InChI=1S/C21H24N8O3/c1-26-9-11-27(12-10-26)25-23-17-7-5-15(6-8-17)19-14-20(28(24-19)21(22)30)16-3-2-4-18(13-16)29(31)32/h2-8,13,20H,9-12,14H2,1H3,(H2,22,30). The zero-order valence-electron chi connectivity index (χ0n) is 17.7. The molecule has 1 unspecified atom stereocenters. The first-order valence-electron chi connectivity index (χ1n) is 10.3. The molecule has 1 fully saturated rings. The Hall–Kier alpha value is -3.86. The van der Waals surface area contributed by atoms with E-state index in [1.807, 2.05) is 29.3 Å². The predicted octanol–water partition coefficient (Wildman–Crippen LogP) is 3.07. The lowest BCUT2D eigenvalue weighted by Crippen LogP contribution is -2.41. The molecule has 32 heavy (non-hydrogen) atoms. The first kappa shape index (κ1) is 21.4. The first-order valence-corrected chi connectivity index (χ1v) is 10.3. The van der Waals surface area contributed by atoms with Gasteiger partial charge in [0.2, 0.25) is 0 Å². The highest BCUT2D eigenvalue weighted by molar-refractivity contribution is 6.03. The monoisotopic (exact) mass is 436 g/mol.